The Kier molecular flexibility index (Phi) is 7.62. The molecule has 4 rings (SSSR count). The molecular weight excluding hydrogens is 440 g/mol. The molecule has 0 saturated carbocycles. The molecule has 0 radical (unpaired) electrons. The first-order valence-electron chi connectivity index (χ1n) is 11.1. The topological polar surface area (TPSA) is 76.6 Å². The maximum atomic E-state index is 12.5. The van der Waals surface area contributed by atoms with Gasteiger partial charge in [-0.2, -0.15) is 0 Å². The normalized spacial score (nSPS) is 15.7. The quantitative estimate of drug-likeness (QED) is 0.516. The average molecular weight is 467 g/mol. The van der Waals surface area contributed by atoms with Crippen molar-refractivity contribution < 1.29 is 14.3 Å². The number of rotatable bonds is 8. The predicted molar refractivity (Wildman–Crippen MR) is 129 cm³/mol. The van der Waals surface area contributed by atoms with E-state index >= 15 is 0 Å². The van der Waals surface area contributed by atoms with Gasteiger partial charge in [0.2, 0.25) is 5.91 Å². The number of halogens is 1. The van der Waals surface area contributed by atoms with Crippen LogP contribution in [-0.4, -0.2) is 41.7 Å². The number of anilines is 2. The van der Waals surface area contributed by atoms with Gasteiger partial charge in [0, 0.05) is 11.6 Å². The summed E-state index contributed by atoms with van der Waals surface area (Å²) < 4.78 is 11.9. The van der Waals surface area contributed by atoms with E-state index in [0.717, 1.165) is 36.4 Å². The Morgan fingerprint density at radius 3 is 2.85 bits per heavy atom. The Morgan fingerprint density at radius 1 is 1.18 bits per heavy atom. The summed E-state index contributed by atoms with van der Waals surface area (Å²) in [6.07, 6.45) is 5.39. The van der Waals surface area contributed by atoms with Crippen LogP contribution in [0, 0.1) is 0 Å². The lowest BCUT2D eigenvalue weighted by Gasteiger charge is -2.33. The van der Waals surface area contributed by atoms with Gasteiger partial charge in [-0.25, -0.2) is 4.98 Å². The largest absolute Gasteiger partial charge is 0.490 e. The first kappa shape index (κ1) is 22.9. The summed E-state index contributed by atoms with van der Waals surface area (Å²) >= 11 is 6.01. The van der Waals surface area contributed by atoms with Crippen LogP contribution in [0.15, 0.2) is 60.9 Å². The summed E-state index contributed by atoms with van der Waals surface area (Å²) in [6.45, 7) is 4.07. The zero-order valence-corrected chi connectivity index (χ0v) is 19.3. The van der Waals surface area contributed by atoms with E-state index in [1.54, 1.807) is 24.5 Å². The summed E-state index contributed by atoms with van der Waals surface area (Å²) in [5.74, 6) is 2.46. The molecule has 8 heteroatoms. The highest BCUT2D eigenvalue weighted by molar-refractivity contribution is 6.30. The van der Waals surface area contributed by atoms with Gasteiger partial charge in [-0.1, -0.05) is 35.9 Å². The molecule has 3 aromatic rings. The van der Waals surface area contributed by atoms with Gasteiger partial charge in [-0.3, -0.25) is 9.78 Å². The molecule has 0 aliphatic carbocycles. The number of aromatic nitrogens is 2. The van der Waals surface area contributed by atoms with Crippen LogP contribution >= 0.6 is 11.6 Å². The molecule has 1 fully saturated rings. The summed E-state index contributed by atoms with van der Waals surface area (Å²) in [5.41, 5.74) is 0.840. The van der Waals surface area contributed by atoms with E-state index < -0.39 is 0 Å². The fourth-order valence-corrected chi connectivity index (χ4v) is 4.04. The van der Waals surface area contributed by atoms with Gasteiger partial charge in [-0.05, 0) is 49.6 Å². The summed E-state index contributed by atoms with van der Waals surface area (Å²) in [7, 11) is 0. The number of benzene rings is 2. The Bertz CT molecular complexity index is 1090. The highest BCUT2D eigenvalue weighted by Crippen LogP contribution is 2.30. The summed E-state index contributed by atoms with van der Waals surface area (Å²) in [6, 6.07) is 15.0. The molecule has 172 valence electrons. The van der Waals surface area contributed by atoms with E-state index in [1.165, 1.54) is 0 Å². The lowest BCUT2D eigenvalue weighted by molar-refractivity contribution is -0.115. The second-order valence-electron chi connectivity index (χ2n) is 7.83. The molecule has 1 aliphatic heterocycles. The van der Waals surface area contributed by atoms with Crippen LogP contribution in [0.3, 0.4) is 0 Å². The molecule has 1 N–H and O–H groups in total. The van der Waals surface area contributed by atoms with E-state index in [9.17, 15) is 4.79 Å². The van der Waals surface area contributed by atoms with Crippen LogP contribution in [0.1, 0.15) is 25.3 Å². The standard InChI is InChI=1S/C25H27ClN4O3/c1-2-32-21-10-3-4-11-22(21)33-20-9-6-12-30(17-20)24-16-27-15-23(28-24)29-25(31)14-18-7-5-8-19(26)13-18/h3-5,7-8,10-11,13,15-16,20H,2,6,9,12,14,17H2,1H3,(H,28,29,31)/t20-/m1/s1. The lowest BCUT2D eigenvalue weighted by Crippen LogP contribution is -2.41. The lowest BCUT2D eigenvalue weighted by atomic mass is 10.1. The van der Waals surface area contributed by atoms with E-state index in [4.69, 9.17) is 21.1 Å². The van der Waals surface area contributed by atoms with Gasteiger partial charge in [-0.15, -0.1) is 0 Å². The van der Waals surface area contributed by atoms with Crippen molar-refractivity contribution in [2.24, 2.45) is 0 Å². The Hall–Kier alpha value is -3.32. The smallest absolute Gasteiger partial charge is 0.229 e. The molecule has 1 aromatic heterocycles. The second kappa shape index (κ2) is 11.0. The monoisotopic (exact) mass is 466 g/mol. The average Bonchev–Trinajstić information content (AvgIpc) is 2.81. The maximum absolute atomic E-state index is 12.5. The van der Waals surface area contributed by atoms with Gasteiger partial charge in [0.25, 0.3) is 0 Å². The van der Waals surface area contributed by atoms with E-state index in [-0.39, 0.29) is 18.4 Å². The van der Waals surface area contributed by atoms with Crippen LogP contribution in [0.4, 0.5) is 11.6 Å². The maximum Gasteiger partial charge on any atom is 0.229 e. The molecule has 1 amide bonds. The number of para-hydroxylation sites is 2. The molecule has 7 nitrogen and oxygen atoms in total. The Balaban J connectivity index is 1.39. The fourth-order valence-electron chi connectivity index (χ4n) is 3.83. The van der Waals surface area contributed by atoms with Crippen molar-refractivity contribution in [1.29, 1.82) is 0 Å². The summed E-state index contributed by atoms with van der Waals surface area (Å²) in [5, 5.41) is 3.44. The first-order valence-corrected chi connectivity index (χ1v) is 11.5. The van der Waals surface area contributed by atoms with Crippen LogP contribution in [0.5, 0.6) is 11.5 Å². The van der Waals surface area contributed by atoms with Crippen molar-refractivity contribution in [2.45, 2.75) is 32.3 Å². The SMILES string of the molecule is CCOc1ccccc1O[C@@H]1CCCN(c2cncc(NC(=O)Cc3cccc(Cl)c3)n2)C1. The molecule has 2 aromatic carbocycles. The number of hydrogen-bond acceptors (Lipinski definition) is 6. The third-order valence-corrected chi connectivity index (χ3v) is 5.52. The third kappa shape index (κ3) is 6.35. The molecule has 1 saturated heterocycles. The Labute approximate surface area is 198 Å². The van der Waals surface area contributed by atoms with Crippen molar-refractivity contribution in [1.82, 2.24) is 9.97 Å². The fraction of sp³-hybridized carbons (Fsp3) is 0.320. The van der Waals surface area contributed by atoms with Crippen molar-refractivity contribution in [3.63, 3.8) is 0 Å². The third-order valence-electron chi connectivity index (χ3n) is 5.29. The number of amides is 1. The van der Waals surface area contributed by atoms with E-state index in [0.29, 0.717) is 29.8 Å². The number of nitrogens with zero attached hydrogens (tertiary/aromatic N) is 3. The number of carbonyl (C=O) groups is 1. The molecule has 33 heavy (non-hydrogen) atoms. The van der Waals surface area contributed by atoms with E-state index in [2.05, 4.69) is 20.2 Å². The predicted octanol–water partition coefficient (Wildman–Crippen LogP) is 4.76. The number of nitrogens with one attached hydrogen (secondary N) is 1. The van der Waals surface area contributed by atoms with Gasteiger partial charge in [0.15, 0.2) is 17.3 Å². The molecule has 1 aliphatic rings. The van der Waals surface area contributed by atoms with Crippen molar-refractivity contribution in [2.75, 3.05) is 29.9 Å². The van der Waals surface area contributed by atoms with Crippen LogP contribution in [-0.2, 0) is 11.2 Å². The minimum atomic E-state index is -0.170. The molecule has 0 bridgehead atoms. The van der Waals surface area contributed by atoms with Crippen molar-refractivity contribution in [3.8, 4) is 11.5 Å². The number of hydrogen-bond donors (Lipinski definition) is 1. The minimum Gasteiger partial charge on any atom is -0.490 e. The van der Waals surface area contributed by atoms with Gasteiger partial charge >= 0.3 is 0 Å². The van der Waals surface area contributed by atoms with Gasteiger partial charge in [0.05, 0.1) is 32.0 Å². The van der Waals surface area contributed by atoms with Crippen LogP contribution in [0.25, 0.3) is 0 Å². The molecule has 1 atom stereocenters. The van der Waals surface area contributed by atoms with Crippen LogP contribution < -0.4 is 19.7 Å². The number of piperidine rings is 1. The number of ether oxygens (including phenoxy) is 2. The van der Waals surface area contributed by atoms with Gasteiger partial charge in [0.1, 0.15) is 11.9 Å². The minimum absolute atomic E-state index is 0.00299. The molecule has 2 heterocycles. The van der Waals surface area contributed by atoms with Crippen molar-refractivity contribution in [3.05, 3.63) is 71.5 Å². The Morgan fingerprint density at radius 2 is 2.03 bits per heavy atom. The van der Waals surface area contributed by atoms with E-state index in [1.807, 2.05) is 43.3 Å². The van der Waals surface area contributed by atoms with Crippen molar-refractivity contribution >= 4 is 29.1 Å². The highest BCUT2D eigenvalue weighted by atomic mass is 35.5. The second-order valence-corrected chi connectivity index (χ2v) is 8.26. The molecule has 0 spiro atoms. The van der Waals surface area contributed by atoms with Gasteiger partial charge < -0.3 is 19.7 Å². The molecular formula is C25H27ClN4O3. The van der Waals surface area contributed by atoms with Crippen LogP contribution in [0.2, 0.25) is 5.02 Å². The zero-order chi connectivity index (χ0) is 23.0. The molecule has 0 unspecified atom stereocenters. The highest BCUT2D eigenvalue weighted by Gasteiger charge is 2.24. The first-order chi connectivity index (χ1) is 16.1. The number of carbonyl (C=O) groups excluding carboxylic acids is 1. The summed E-state index contributed by atoms with van der Waals surface area (Å²) in [4.78, 5) is 23.5. The zero-order valence-electron chi connectivity index (χ0n) is 18.5.